The molecule has 2 aromatic carbocycles. The molecule has 0 bridgehead atoms. The molecule has 0 unspecified atom stereocenters. The summed E-state index contributed by atoms with van der Waals surface area (Å²) in [6, 6.07) is 15.6. The molecule has 0 radical (unpaired) electrons. The number of hydrogen-bond acceptors (Lipinski definition) is 5. The third-order valence-corrected chi connectivity index (χ3v) is 3.61. The summed E-state index contributed by atoms with van der Waals surface area (Å²) in [5, 5.41) is 11.7. The standard InChI is InChI=1S/C21H20N2O4/c1-15-4-3-5-17(12-15)21(25)27-19-8-6-16(7-9-19)13-18(14-22)20(24)23-10-11-26-2/h3-9,12-13H,10-11H2,1-2H3,(H,23,24)/b18-13+. The van der Waals surface area contributed by atoms with Crippen LogP contribution in [0.15, 0.2) is 54.1 Å². The fraction of sp³-hybridized carbons (Fsp3) is 0.190. The maximum Gasteiger partial charge on any atom is 0.343 e. The van der Waals surface area contributed by atoms with Crippen molar-refractivity contribution >= 4 is 18.0 Å². The molecule has 0 saturated heterocycles. The first-order valence-corrected chi connectivity index (χ1v) is 8.31. The van der Waals surface area contributed by atoms with E-state index in [2.05, 4.69) is 5.32 Å². The van der Waals surface area contributed by atoms with Gasteiger partial charge in [0.2, 0.25) is 0 Å². The van der Waals surface area contributed by atoms with Gasteiger partial charge in [-0.25, -0.2) is 4.79 Å². The second-order valence-corrected chi connectivity index (χ2v) is 5.75. The quantitative estimate of drug-likeness (QED) is 0.268. The van der Waals surface area contributed by atoms with Crippen LogP contribution in [0.4, 0.5) is 0 Å². The number of carbonyl (C=O) groups is 2. The van der Waals surface area contributed by atoms with Gasteiger partial charge in [-0.05, 0) is 42.8 Å². The molecule has 0 aromatic heterocycles. The Bertz CT molecular complexity index is 880. The number of ether oxygens (including phenoxy) is 2. The Kier molecular flexibility index (Phi) is 7.29. The molecule has 0 fully saturated rings. The van der Waals surface area contributed by atoms with E-state index in [0.717, 1.165) is 5.56 Å². The number of esters is 1. The lowest BCUT2D eigenvalue weighted by molar-refractivity contribution is -0.117. The monoisotopic (exact) mass is 364 g/mol. The molecular formula is C21H20N2O4. The molecule has 0 heterocycles. The van der Waals surface area contributed by atoms with E-state index in [1.165, 1.54) is 13.2 Å². The highest BCUT2D eigenvalue weighted by molar-refractivity contribution is 6.01. The average molecular weight is 364 g/mol. The summed E-state index contributed by atoms with van der Waals surface area (Å²) in [7, 11) is 1.53. The maximum atomic E-state index is 12.1. The number of nitriles is 1. The van der Waals surface area contributed by atoms with Crippen molar-refractivity contribution in [3.8, 4) is 11.8 Å². The normalized spacial score (nSPS) is 10.8. The molecule has 138 valence electrons. The van der Waals surface area contributed by atoms with Crippen molar-refractivity contribution in [3.05, 3.63) is 70.8 Å². The minimum atomic E-state index is -0.468. The predicted octanol–water partition coefficient (Wildman–Crippen LogP) is 2.88. The van der Waals surface area contributed by atoms with Crippen molar-refractivity contribution in [1.29, 1.82) is 5.26 Å². The number of nitrogens with zero attached hydrogens (tertiary/aromatic N) is 1. The lowest BCUT2D eigenvalue weighted by atomic mass is 10.1. The molecule has 1 N–H and O–H groups in total. The van der Waals surface area contributed by atoms with E-state index in [-0.39, 0.29) is 5.57 Å². The fourth-order valence-corrected chi connectivity index (χ4v) is 2.25. The second-order valence-electron chi connectivity index (χ2n) is 5.75. The summed E-state index contributed by atoms with van der Waals surface area (Å²) in [6.45, 7) is 2.59. The molecule has 6 nitrogen and oxygen atoms in total. The van der Waals surface area contributed by atoms with Crippen LogP contribution in [0.1, 0.15) is 21.5 Å². The Labute approximate surface area is 158 Å². The van der Waals surface area contributed by atoms with Gasteiger partial charge >= 0.3 is 5.97 Å². The van der Waals surface area contributed by atoms with Crippen LogP contribution in [0.25, 0.3) is 6.08 Å². The maximum absolute atomic E-state index is 12.1. The first-order valence-electron chi connectivity index (χ1n) is 8.31. The zero-order valence-corrected chi connectivity index (χ0v) is 15.2. The summed E-state index contributed by atoms with van der Waals surface area (Å²) >= 11 is 0. The van der Waals surface area contributed by atoms with Crippen LogP contribution in [0.3, 0.4) is 0 Å². The number of hydrogen-bond donors (Lipinski definition) is 1. The molecule has 0 atom stereocenters. The smallest absolute Gasteiger partial charge is 0.343 e. The van der Waals surface area contributed by atoms with Crippen molar-refractivity contribution in [2.45, 2.75) is 6.92 Å². The minimum Gasteiger partial charge on any atom is -0.423 e. The fourth-order valence-electron chi connectivity index (χ4n) is 2.25. The van der Waals surface area contributed by atoms with Crippen LogP contribution < -0.4 is 10.1 Å². The molecule has 0 spiro atoms. The van der Waals surface area contributed by atoms with Gasteiger partial charge in [-0.15, -0.1) is 0 Å². The van der Waals surface area contributed by atoms with E-state index < -0.39 is 11.9 Å². The van der Waals surface area contributed by atoms with Crippen LogP contribution in [0.2, 0.25) is 0 Å². The van der Waals surface area contributed by atoms with Gasteiger partial charge in [0, 0.05) is 13.7 Å². The molecule has 27 heavy (non-hydrogen) atoms. The van der Waals surface area contributed by atoms with Crippen LogP contribution in [0, 0.1) is 18.3 Å². The molecule has 0 saturated carbocycles. The highest BCUT2D eigenvalue weighted by Crippen LogP contribution is 2.16. The third-order valence-electron chi connectivity index (χ3n) is 3.61. The van der Waals surface area contributed by atoms with E-state index in [4.69, 9.17) is 14.7 Å². The number of aryl methyl sites for hydroxylation is 1. The van der Waals surface area contributed by atoms with Gasteiger partial charge in [0.1, 0.15) is 17.4 Å². The summed E-state index contributed by atoms with van der Waals surface area (Å²) in [6.07, 6.45) is 1.47. The van der Waals surface area contributed by atoms with Crippen LogP contribution >= 0.6 is 0 Å². The molecule has 0 aliphatic rings. The van der Waals surface area contributed by atoms with Crippen molar-refractivity contribution in [3.63, 3.8) is 0 Å². The summed E-state index contributed by atoms with van der Waals surface area (Å²) in [5.41, 5.74) is 2.07. The van der Waals surface area contributed by atoms with Gasteiger partial charge in [0.05, 0.1) is 12.2 Å². The minimum absolute atomic E-state index is 0.0180. The van der Waals surface area contributed by atoms with Crippen molar-refractivity contribution < 1.29 is 19.1 Å². The highest BCUT2D eigenvalue weighted by atomic mass is 16.5. The van der Waals surface area contributed by atoms with E-state index in [1.807, 2.05) is 19.1 Å². The Morgan fingerprint density at radius 3 is 2.56 bits per heavy atom. The van der Waals surface area contributed by atoms with E-state index in [1.54, 1.807) is 42.5 Å². The predicted molar refractivity (Wildman–Crippen MR) is 101 cm³/mol. The summed E-state index contributed by atoms with van der Waals surface area (Å²) in [4.78, 5) is 24.1. The van der Waals surface area contributed by atoms with Gasteiger partial charge in [0.25, 0.3) is 5.91 Å². The first-order chi connectivity index (χ1) is 13.0. The van der Waals surface area contributed by atoms with Crippen LogP contribution in [-0.4, -0.2) is 32.1 Å². The summed E-state index contributed by atoms with van der Waals surface area (Å²) < 4.78 is 10.2. The summed E-state index contributed by atoms with van der Waals surface area (Å²) in [5.74, 6) is -0.538. The van der Waals surface area contributed by atoms with Crippen LogP contribution in [0.5, 0.6) is 5.75 Å². The Hall–Kier alpha value is -3.43. The number of nitrogens with one attached hydrogen (secondary N) is 1. The zero-order chi connectivity index (χ0) is 19.6. The van der Waals surface area contributed by atoms with E-state index >= 15 is 0 Å². The van der Waals surface area contributed by atoms with Gasteiger partial charge in [-0.2, -0.15) is 5.26 Å². The average Bonchev–Trinajstić information content (AvgIpc) is 2.67. The lowest BCUT2D eigenvalue weighted by Crippen LogP contribution is -2.27. The Morgan fingerprint density at radius 1 is 1.19 bits per heavy atom. The van der Waals surface area contributed by atoms with Gasteiger partial charge in [-0.1, -0.05) is 29.8 Å². The topological polar surface area (TPSA) is 88.4 Å². The van der Waals surface area contributed by atoms with Crippen molar-refractivity contribution in [1.82, 2.24) is 5.32 Å². The molecular weight excluding hydrogens is 344 g/mol. The zero-order valence-electron chi connectivity index (χ0n) is 15.2. The Morgan fingerprint density at radius 2 is 1.93 bits per heavy atom. The molecule has 2 rings (SSSR count). The second kappa shape index (κ2) is 9.90. The van der Waals surface area contributed by atoms with Crippen molar-refractivity contribution in [2.24, 2.45) is 0 Å². The van der Waals surface area contributed by atoms with E-state index in [0.29, 0.717) is 30.0 Å². The Balaban J connectivity index is 2.04. The lowest BCUT2D eigenvalue weighted by Gasteiger charge is -2.06. The molecule has 1 amide bonds. The molecule has 2 aromatic rings. The third kappa shape index (κ3) is 6.10. The first kappa shape index (κ1) is 19.9. The number of benzene rings is 2. The number of amides is 1. The molecule has 6 heteroatoms. The van der Waals surface area contributed by atoms with Gasteiger partial charge in [0.15, 0.2) is 0 Å². The van der Waals surface area contributed by atoms with Crippen LogP contribution in [-0.2, 0) is 9.53 Å². The number of rotatable bonds is 7. The SMILES string of the molecule is COCCNC(=O)/C(C#N)=C/c1ccc(OC(=O)c2cccc(C)c2)cc1. The van der Waals surface area contributed by atoms with Crippen molar-refractivity contribution in [2.75, 3.05) is 20.3 Å². The van der Waals surface area contributed by atoms with Gasteiger partial charge in [-0.3, -0.25) is 4.79 Å². The molecule has 0 aliphatic carbocycles. The number of carbonyl (C=O) groups excluding carboxylic acids is 2. The highest BCUT2D eigenvalue weighted by Gasteiger charge is 2.10. The largest absolute Gasteiger partial charge is 0.423 e. The van der Waals surface area contributed by atoms with Gasteiger partial charge < -0.3 is 14.8 Å². The molecule has 0 aliphatic heterocycles. The number of methoxy groups -OCH3 is 1. The van der Waals surface area contributed by atoms with E-state index in [9.17, 15) is 9.59 Å².